The highest BCUT2D eigenvalue weighted by Crippen LogP contribution is 2.37. The second kappa shape index (κ2) is 5.50. The van der Waals surface area contributed by atoms with Crippen molar-refractivity contribution in [3.63, 3.8) is 0 Å². The van der Waals surface area contributed by atoms with Crippen molar-refractivity contribution < 1.29 is 15.0 Å². The van der Waals surface area contributed by atoms with Crippen LogP contribution in [0, 0.1) is 12.8 Å². The second-order valence-electron chi connectivity index (χ2n) is 4.79. The highest BCUT2D eigenvalue weighted by molar-refractivity contribution is 7.14. The Morgan fingerprint density at radius 2 is 2.05 bits per heavy atom. The summed E-state index contributed by atoms with van der Waals surface area (Å²) < 4.78 is 0. The molecule has 106 valence electrons. The fraction of sp³-hybridized carbons (Fsp3) is 0.286. The fourth-order valence-corrected chi connectivity index (χ4v) is 2.31. The van der Waals surface area contributed by atoms with Crippen molar-refractivity contribution in [3.05, 3.63) is 23.1 Å². The van der Waals surface area contributed by atoms with Crippen LogP contribution >= 0.6 is 11.3 Å². The lowest BCUT2D eigenvalue weighted by Crippen LogP contribution is -2.17. The number of phenolic OH excluding ortho intramolecular Hbond substituents is 2. The van der Waals surface area contributed by atoms with Crippen LogP contribution in [0.4, 0.5) is 5.13 Å². The van der Waals surface area contributed by atoms with Crippen molar-refractivity contribution in [3.8, 4) is 22.8 Å². The summed E-state index contributed by atoms with van der Waals surface area (Å²) in [5.41, 5.74) is 1.50. The predicted octanol–water partition coefficient (Wildman–Crippen LogP) is 3.12. The minimum Gasteiger partial charge on any atom is -0.508 e. The molecule has 3 N–H and O–H groups in total. The van der Waals surface area contributed by atoms with E-state index in [4.69, 9.17) is 0 Å². The van der Waals surface area contributed by atoms with Gasteiger partial charge in [0.25, 0.3) is 0 Å². The first kappa shape index (κ1) is 14.3. The number of aromatic nitrogens is 1. The Hall–Kier alpha value is -2.08. The van der Waals surface area contributed by atoms with Crippen LogP contribution in [0.15, 0.2) is 17.5 Å². The molecule has 0 aliphatic carbocycles. The van der Waals surface area contributed by atoms with Crippen molar-refractivity contribution in [2.75, 3.05) is 5.32 Å². The number of nitrogens with one attached hydrogen (secondary N) is 1. The Balaban J connectivity index is 2.30. The summed E-state index contributed by atoms with van der Waals surface area (Å²) in [4.78, 5) is 15.9. The van der Waals surface area contributed by atoms with Crippen LogP contribution in [0.5, 0.6) is 11.5 Å². The minimum atomic E-state index is -0.119. The van der Waals surface area contributed by atoms with E-state index in [1.54, 1.807) is 32.2 Å². The van der Waals surface area contributed by atoms with Crippen LogP contribution in [0.25, 0.3) is 11.3 Å². The topological polar surface area (TPSA) is 82.5 Å². The molecule has 0 aliphatic rings. The molecule has 1 aromatic carbocycles. The molecule has 0 spiro atoms. The number of phenols is 2. The Kier molecular flexibility index (Phi) is 3.94. The van der Waals surface area contributed by atoms with Crippen LogP contribution in [-0.4, -0.2) is 21.1 Å². The third-order valence-electron chi connectivity index (χ3n) is 2.94. The maximum Gasteiger partial charge on any atom is 0.228 e. The number of carbonyl (C=O) groups excluding carboxylic acids is 1. The molecule has 0 atom stereocenters. The molecular formula is C14H16N2O3S. The molecule has 1 amide bonds. The highest BCUT2D eigenvalue weighted by Gasteiger charge is 2.14. The Bertz CT molecular complexity index is 650. The highest BCUT2D eigenvalue weighted by atomic mass is 32.1. The van der Waals surface area contributed by atoms with Crippen LogP contribution in [-0.2, 0) is 4.79 Å². The molecule has 0 bridgehead atoms. The number of carbonyl (C=O) groups is 1. The largest absolute Gasteiger partial charge is 0.508 e. The van der Waals surface area contributed by atoms with Crippen molar-refractivity contribution in [1.82, 2.24) is 4.98 Å². The average molecular weight is 292 g/mol. The molecule has 0 radical (unpaired) electrons. The molecule has 20 heavy (non-hydrogen) atoms. The zero-order valence-corrected chi connectivity index (χ0v) is 12.3. The van der Waals surface area contributed by atoms with Gasteiger partial charge in [-0.2, -0.15) is 0 Å². The van der Waals surface area contributed by atoms with Gasteiger partial charge in [0.05, 0.1) is 5.69 Å². The molecule has 0 saturated heterocycles. The third kappa shape index (κ3) is 2.75. The number of nitrogens with zero attached hydrogens (tertiary/aromatic N) is 1. The molecule has 0 aliphatic heterocycles. The number of rotatable bonds is 3. The van der Waals surface area contributed by atoms with Crippen molar-refractivity contribution in [2.24, 2.45) is 5.92 Å². The van der Waals surface area contributed by atoms with E-state index >= 15 is 0 Å². The van der Waals surface area contributed by atoms with Crippen molar-refractivity contribution >= 4 is 22.4 Å². The molecule has 0 saturated carbocycles. The molecule has 0 unspecified atom stereocenters. The second-order valence-corrected chi connectivity index (χ2v) is 5.65. The van der Waals surface area contributed by atoms with E-state index in [9.17, 15) is 15.0 Å². The lowest BCUT2D eigenvalue weighted by Gasteiger charge is -2.06. The molecule has 2 rings (SSSR count). The summed E-state index contributed by atoms with van der Waals surface area (Å²) in [6.45, 7) is 5.24. The van der Waals surface area contributed by atoms with E-state index in [1.807, 2.05) is 0 Å². The van der Waals surface area contributed by atoms with Crippen molar-refractivity contribution in [1.29, 1.82) is 0 Å². The predicted molar refractivity (Wildman–Crippen MR) is 79.1 cm³/mol. The summed E-state index contributed by atoms with van der Waals surface area (Å²) in [7, 11) is 0. The normalized spacial score (nSPS) is 10.8. The minimum absolute atomic E-state index is 0.00274. The van der Waals surface area contributed by atoms with Crippen LogP contribution in [0.2, 0.25) is 0 Å². The van der Waals surface area contributed by atoms with Gasteiger partial charge in [-0.1, -0.05) is 13.8 Å². The van der Waals surface area contributed by atoms with Crippen LogP contribution in [0.3, 0.4) is 0 Å². The van der Waals surface area contributed by atoms with Gasteiger partial charge in [-0.05, 0) is 19.1 Å². The number of hydrogen-bond acceptors (Lipinski definition) is 5. The first-order valence-corrected chi connectivity index (χ1v) is 7.06. The number of thiazole rings is 1. The van der Waals surface area contributed by atoms with Gasteiger partial charge in [0, 0.05) is 22.4 Å². The van der Waals surface area contributed by atoms with Gasteiger partial charge >= 0.3 is 0 Å². The summed E-state index contributed by atoms with van der Waals surface area (Å²) in [5, 5.41) is 24.5. The smallest absolute Gasteiger partial charge is 0.228 e. The molecule has 1 heterocycles. The standard InChI is InChI=1S/C14H16N2O3S/c1-7(2)13(19)16-14-15-10(6-20-14)9-4-5-11(17)8(3)12(9)18/h4-7,17-18H,1-3H3,(H,15,16,19). The van der Waals surface area contributed by atoms with Crippen LogP contribution < -0.4 is 5.32 Å². The zero-order chi connectivity index (χ0) is 14.9. The first-order valence-electron chi connectivity index (χ1n) is 6.18. The lowest BCUT2D eigenvalue weighted by atomic mass is 10.1. The molecule has 5 nitrogen and oxygen atoms in total. The molecule has 0 fully saturated rings. The van der Waals surface area contributed by atoms with Gasteiger partial charge in [0.15, 0.2) is 5.13 Å². The maximum absolute atomic E-state index is 11.6. The maximum atomic E-state index is 11.6. The summed E-state index contributed by atoms with van der Waals surface area (Å²) >= 11 is 1.29. The number of aromatic hydroxyl groups is 2. The molecule has 1 aromatic heterocycles. The van der Waals surface area contributed by atoms with E-state index in [0.29, 0.717) is 22.0 Å². The number of amides is 1. The number of hydrogen-bond donors (Lipinski definition) is 3. The van der Waals surface area contributed by atoms with Gasteiger partial charge in [-0.15, -0.1) is 11.3 Å². The lowest BCUT2D eigenvalue weighted by molar-refractivity contribution is -0.118. The van der Waals surface area contributed by atoms with E-state index in [0.717, 1.165) is 0 Å². The summed E-state index contributed by atoms with van der Waals surface area (Å²) in [6.07, 6.45) is 0. The van der Waals surface area contributed by atoms with E-state index in [-0.39, 0.29) is 23.3 Å². The van der Waals surface area contributed by atoms with Crippen molar-refractivity contribution in [2.45, 2.75) is 20.8 Å². The van der Waals surface area contributed by atoms with E-state index in [2.05, 4.69) is 10.3 Å². The monoisotopic (exact) mass is 292 g/mol. The van der Waals surface area contributed by atoms with Crippen LogP contribution in [0.1, 0.15) is 19.4 Å². The van der Waals surface area contributed by atoms with Gasteiger partial charge in [0.2, 0.25) is 5.91 Å². The van der Waals surface area contributed by atoms with Gasteiger partial charge < -0.3 is 15.5 Å². The van der Waals surface area contributed by atoms with Gasteiger partial charge in [-0.3, -0.25) is 4.79 Å². The zero-order valence-electron chi connectivity index (χ0n) is 11.5. The Labute approximate surface area is 120 Å². The van der Waals surface area contributed by atoms with E-state index < -0.39 is 0 Å². The molecular weight excluding hydrogens is 276 g/mol. The fourth-order valence-electron chi connectivity index (χ4n) is 1.60. The molecule has 2 aromatic rings. The Morgan fingerprint density at radius 3 is 2.70 bits per heavy atom. The third-order valence-corrected chi connectivity index (χ3v) is 3.69. The van der Waals surface area contributed by atoms with Gasteiger partial charge in [-0.25, -0.2) is 4.98 Å². The number of anilines is 1. The quantitative estimate of drug-likeness (QED) is 0.811. The Morgan fingerprint density at radius 1 is 1.35 bits per heavy atom. The summed E-state index contributed by atoms with van der Waals surface area (Å²) in [6, 6.07) is 3.11. The van der Waals surface area contributed by atoms with Gasteiger partial charge in [0.1, 0.15) is 11.5 Å². The molecule has 6 heteroatoms. The summed E-state index contributed by atoms with van der Waals surface area (Å²) in [5.74, 6) is -0.185. The first-order chi connectivity index (χ1) is 9.40. The van der Waals surface area contributed by atoms with E-state index in [1.165, 1.54) is 17.4 Å². The SMILES string of the molecule is Cc1c(O)ccc(-c2csc(NC(=O)C(C)C)n2)c1O. The average Bonchev–Trinajstić information content (AvgIpc) is 2.84. The number of benzene rings is 1.